The first-order chi connectivity index (χ1) is 7.83. The van der Waals surface area contributed by atoms with Crippen LogP contribution >= 0.6 is 0 Å². The van der Waals surface area contributed by atoms with Gasteiger partial charge in [0.05, 0.1) is 0 Å². The van der Waals surface area contributed by atoms with Crippen LogP contribution < -0.4 is 0 Å². The Kier molecular flexibility index (Phi) is 3.35. The molecule has 0 saturated carbocycles. The van der Waals surface area contributed by atoms with Crippen molar-refractivity contribution >= 4 is 0 Å². The highest BCUT2D eigenvalue weighted by Crippen LogP contribution is 2.21. The quantitative estimate of drug-likeness (QED) is 0.711. The summed E-state index contributed by atoms with van der Waals surface area (Å²) in [6.07, 6.45) is 1.04. The summed E-state index contributed by atoms with van der Waals surface area (Å²) in [5, 5.41) is 0. The van der Waals surface area contributed by atoms with Gasteiger partial charge in [-0.05, 0) is 28.7 Å². The molecule has 0 N–H and O–H groups in total. The number of halogens is 1. The highest BCUT2D eigenvalue weighted by atomic mass is 19.1. The second-order valence-electron chi connectivity index (χ2n) is 3.88. The Morgan fingerprint density at radius 1 is 0.875 bits per heavy atom. The molecule has 0 saturated heterocycles. The fraction of sp³-hybridized carbons (Fsp3) is 0.200. The smallest absolute Gasteiger partial charge is 0.115 e. The first kappa shape index (κ1) is 10.9. The summed E-state index contributed by atoms with van der Waals surface area (Å²) in [4.78, 5) is 0. The van der Waals surface area contributed by atoms with Crippen LogP contribution in [0.3, 0.4) is 0 Å². The molecule has 0 aromatic heterocycles. The van der Waals surface area contributed by atoms with Gasteiger partial charge in [0.15, 0.2) is 0 Å². The average Bonchev–Trinajstić information content (AvgIpc) is 2.39. The van der Waals surface area contributed by atoms with E-state index in [-0.39, 0.29) is 0 Å². The Morgan fingerprint density at radius 3 is 2.25 bits per heavy atom. The van der Waals surface area contributed by atoms with Gasteiger partial charge in [-0.25, -0.2) is 4.39 Å². The summed E-state index contributed by atoms with van der Waals surface area (Å²) in [6.45, 7) is 1.75. The van der Waals surface area contributed by atoms with Crippen LogP contribution in [0.1, 0.15) is 18.1 Å². The molecule has 0 bridgehead atoms. The van der Waals surface area contributed by atoms with E-state index in [4.69, 9.17) is 0 Å². The lowest BCUT2D eigenvalue weighted by molar-refractivity contribution is 0.485. The standard InChI is InChI=1S/C15H15F/c1-2-12-4-3-5-15(10-12)14-8-6-13(11-16)7-9-14/h3-10H,2,11H2,1H3. The lowest BCUT2D eigenvalue weighted by Gasteiger charge is -2.04. The molecule has 0 nitrogen and oxygen atoms in total. The van der Waals surface area contributed by atoms with Crippen LogP contribution in [-0.4, -0.2) is 0 Å². The van der Waals surface area contributed by atoms with Gasteiger partial charge in [-0.15, -0.1) is 0 Å². The van der Waals surface area contributed by atoms with Crippen LogP contribution in [0.15, 0.2) is 48.5 Å². The van der Waals surface area contributed by atoms with Crippen molar-refractivity contribution in [3.8, 4) is 11.1 Å². The van der Waals surface area contributed by atoms with Crippen molar-refractivity contribution in [2.75, 3.05) is 0 Å². The van der Waals surface area contributed by atoms with Gasteiger partial charge in [0.2, 0.25) is 0 Å². The molecule has 0 unspecified atom stereocenters. The molecular weight excluding hydrogens is 199 g/mol. The van der Waals surface area contributed by atoms with Crippen LogP contribution in [-0.2, 0) is 13.1 Å². The van der Waals surface area contributed by atoms with Gasteiger partial charge in [0.25, 0.3) is 0 Å². The summed E-state index contributed by atoms with van der Waals surface area (Å²) < 4.78 is 12.4. The highest BCUT2D eigenvalue weighted by molar-refractivity contribution is 5.64. The molecule has 0 atom stereocenters. The maximum Gasteiger partial charge on any atom is 0.115 e. The minimum Gasteiger partial charge on any atom is -0.246 e. The molecule has 0 spiro atoms. The van der Waals surface area contributed by atoms with Crippen molar-refractivity contribution in [3.05, 3.63) is 59.7 Å². The molecule has 1 heteroatoms. The van der Waals surface area contributed by atoms with E-state index >= 15 is 0 Å². The van der Waals surface area contributed by atoms with Gasteiger partial charge in [-0.3, -0.25) is 0 Å². The topological polar surface area (TPSA) is 0 Å². The van der Waals surface area contributed by atoms with E-state index in [1.54, 1.807) is 0 Å². The Hall–Kier alpha value is -1.63. The first-order valence-corrected chi connectivity index (χ1v) is 5.57. The third-order valence-electron chi connectivity index (χ3n) is 2.78. The normalized spacial score (nSPS) is 10.4. The van der Waals surface area contributed by atoms with Crippen LogP contribution in [0.25, 0.3) is 11.1 Å². The molecule has 16 heavy (non-hydrogen) atoms. The zero-order chi connectivity index (χ0) is 11.4. The molecule has 0 aliphatic carbocycles. The molecule has 2 aromatic rings. The molecule has 0 aliphatic heterocycles. The second kappa shape index (κ2) is 4.93. The van der Waals surface area contributed by atoms with Crippen LogP contribution in [0.5, 0.6) is 0 Å². The second-order valence-corrected chi connectivity index (χ2v) is 3.88. The number of alkyl halides is 1. The summed E-state index contributed by atoms with van der Waals surface area (Å²) in [6, 6.07) is 16.1. The van der Waals surface area contributed by atoms with E-state index in [9.17, 15) is 4.39 Å². The minimum absolute atomic E-state index is 0.394. The van der Waals surface area contributed by atoms with E-state index in [0.29, 0.717) is 0 Å². The van der Waals surface area contributed by atoms with E-state index in [0.717, 1.165) is 17.5 Å². The fourth-order valence-electron chi connectivity index (χ4n) is 1.76. The Labute approximate surface area is 95.7 Å². The number of benzene rings is 2. The third-order valence-corrected chi connectivity index (χ3v) is 2.78. The highest BCUT2D eigenvalue weighted by Gasteiger charge is 1.98. The number of rotatable bonds is 3. The summed E-state index contributed by atoms with van der Waals surface area (Å²) in [7, 11) is 0. The largest absolute Gasteiger partial charge is 0.246 e. The van der Waals surface area contributed by atoms with Gasteiger partial charge in [-0.2, -0.15) is 0 Å². The van der Waals surface area contributed by atoms with E-state index in [1.807, 2.05) is 24.3 Å². The van der Waals surface area contributed by atoms with Gasteiger partial charge in [0.1, 0.15) is 6.67 Å². The van der Waals surface area contributed by atoms with Crippen molar-refractivity contribution in [3.63, 3.8) is 0 Å². The minimum atomic E-state index is -0.394. The van der Waals surface area contributed by atoms with Crippen LogP contribution in [0.4, 0.5) is 4.39 Å². The maximum atomic E-state index is 12.4. The SMILES string of the molecule is CCc1cccc(-c2ccc(CF)cc2)c1. The fourth-order valence-corrected chi connectivity index (χ4v) is 1.76. The number of aryl methyl sites for hydroxylation is 1. The molecule has 0 aliphatic rings. The zero-order valence-corrected chi connectivity index (χ0v) is 9.41. The molecule has 2 rings (SSSR count). The number of hydrogen-bond donors (Lipinski definition) is 0. The Bertz CT molecular complexity index is 457. The molecule has 0 fully saturated rings. The van der Waals surface area contributed by atoms with Crippen LogP contribution in [0, 0.1) is 0 Å². The Morgan fingerprint density at radius 2 is 1.62 bits per heavy atom. The van der Waals surface area contributed by atoms with E-state index in [1.165, 1.54) is 11.1 Å². The first-order valence-electron chi connectivity index (χ1n) is 5.57. The molecule has 2 aromatic carbocycles. The lowest BCUT2D eigenvalue weighted by atomic mass is 10.0. The molecule has 82 valence electrons. The average molecular weight is 214 g/mol. The molecule has 0 amide bonds. The van der Waals surface area contributed by atoms with Crippen molar-refractivity contribution in [1.82, 2.24) is 0 Å². The predicted molar refractivity (Wildman–Crippen MR) is 66.1 cm³/mol. The van der Waals surface area contributed by atoms with Gasteiger partial charge < -0.3 is 0 Å². The maximum absolute atomic E-state index is 12.4. The lowest BCUT2D eigenvalue weighted by Crippen LogP contribution is -1.83. The monoisotopic (exact) mass is 214 g/mol. The summed E-state index contributed by atoms with van der Waals surface area (Å²) in [5.74, 6) is 0. The predicted octanol–water partition coefficient (Wildman–Crippen LogP) is 4.39. The van der Waals surface area contributed by atoms with Crippen LogP contribution in [0.2, 0.25) is 0 Å². The van der Waals surface area contributed by atoms with Crippen molar-refractivity contribution < 1.29 is 4.39 Å². The van der Waals surface area contributed by atoms with Crippen molar-refractivity contribution in [1.29, 1.82) is 0 Å². The molecule has 0 radical (unpaired) electrons. The van der Waals surface area contributed by atoms with E-state index in [2.05, 4.69) is 31.2 Å². The van der Waals surface area contributed by atoms with Gasteiger partial charge in [-0.1, -0.05) is 55.5 Å². The Balaban J connectivity index is 2.34. The van der Waals surface area contributed by atoms with Gasteiger partial charge in [0, 0.05) is 0 Å². The number of hydrogen-bond acceptors (Lipinski definition) is 0. The summed E-state index contributed by atoms with van der Waals surface area (Å²) >= 11 is 0. The van der Waals surface area contributed by atoms with Crippen molar-refractivity contribution in [2.24, 2.45) is 0 Å². The zero-order valence-electron chi connectivity index (χ0n) is 9.41. The molecular formula is C15H15F. The van der Waals surface area contributed by atoms with Gasteiger partial charge >= 0.3 is 0 Å². The molecule has 0 heterocycles. The summed E-state index contributed by atoms with van der Waals surface area (Å²) in [5.41, 5.74) is 4.40. The van der Waals surface area contributed by atoms with Crippen molar-refractivity contribution in [2.45, 2.75) is 20.0 Å². The third kappa shape index (κ3) is 2.30. The van der Waals surface area contributed by atoms with E-state index < -0.39 is 6.67 Å².